The first-order chi connectivity index (χ1) is 10.1. The summed E-state index contributed by atoms with van der Waals surface area (Å²) in [7, 11) is 1.68. The normalized spacial score (nSPS) is 20.8. The maximum atomic E-state index is 5.21. The van der Waals surface area contributed by atoms with E-state index in [2.05, 4.69) is 60.8 Å². The van der Waals surface area contributed by atoms with Crippen molar-refractivity contribution < 1.29 is 4.74 Å². The number of benzene rings is 2. The second-order valence-electron chi connectivity index (χ2n) is 5.26. The molecule has 0 saturated carbocycles. The zero-order chi connectivity index (χ0) is 14.9. The van der Waals surface area contributed by atoms with Crippen molar-refractivity contribution in [2.75, 3.05) is 7.11 Å². The molecule has 0 bridgehead atoms. The minimum Gasteiger partial charge on any atom is -0.497 e. The number of thioether (sulfide) groups is 1. The first kappa shape index (κ1) is 14.0. The molecule has 0 aromatic heterocycles. The molecule has 0 aliphatic carbocycles. The smallest absolute Gasteiger partial charge is 0.128 e. The van der Waals surface area contributed by atoms with Crippen LogP contribution in [0.4, 0.5) is 0 Å². The second-order valence-corrected chi connectivity index (χ2v) is 6.67. The zero-order valence-corrected chi connectivity index (χ0v) is 13.2. The standard InChI is InChI=1S/C17H18N2OS/c1-12-4-6-13(7-5-12)16-18-19-17(2,21-16)14-8-10-15(20-3)11-9-14/h4-11,19H,1-3H3. The highest BCUT2D eigenvalue weighted by atomic mass is 32.2. The molecule has 3 rings (SSSR count). The summed E-state index contributed by atoms with van der Waals surface area (Å²) < 4.78 is 5.21. The first-order valence-corrected chi connectivity index (χ1v) is 7.68. The van der Waals surface area contributed by atoms with E-state index < -0.39 is 0 Å². The van der Waals surface area contributed by atoms with Gasteiger partial charge in [-0.05, 0) is 31.5 Å². The molecule has 0 radical (unpaired) electrons. The lowest BCUT2D eigenvalue weighted by Crippen LogP contribution is -2.28. The number of nitrogens with zero attached hydrogens (tertiary/aromatic N) is 1. The van der Waals surface area contributed by atoms with Crippen molar-refractivity contribution in [3.8, 4) is 5.75 Å². The number of hydrogen-bond donors (Lipinski definition) is 1. The fraction of sp³-hybridized carbons (Fsp3) is 0.235. The summed E-state index contributed by atoms with van der Waals surface area (Å²) in [6.45, 7) is 4.23. The summed E-state index contributed by atoms with van der Waals surface area (Å²) >= 11 is 1.74. The summed E-state index contributed by atoms with van der Waals surface area (Å²) in [6, 6.07) is 16.6. The molecule has 2 aromatic carbocycles. The molecule has 2 aromatic rings. The Labute approximate surface area is 129 Å². The average Bonchev–Trinajstić information content (AvgIpc) is 2.92. The molecule has 1 aliphatic rings. The number of nitrogens with one attached hydrogen (secondary N) is 1. The van der Waals surface area contributed by atoms with Crippen molar-refractivity contribution in [3.05, 3.63) is 65.2 Å². The van der Waals surface area contributed by atoms with Crippen molar-refractivity contribution in [2.24, 2.45) is 5.10 Å². The lowest BCUT2D eigenvalue weighted by molar-refractivity contribution is 0.414. The minimum atomic E-state index is -0.244. The van der Waals surface area contributed by atoms with Crippen molar-refractivity contribution in [3.63, 3.8) is 0 Å². The topological polar surface area (TPSA) is 33.6 Å². The lowest BCUT2D eigenvalue weighted by atomic mass is 10.1. The van der Waals surface area contributed by atoms with Crippen LogP contribution in [0.1, 0.15) is 23.6 Å². The molecule has 1 heterocycles. The molecule has 21 heavy (non-hydrogen) atoms. The molecule has 0 saturated heterocycles. The van der Waals surface area contributed by atoms with Crippen molar-refractivity contribution in [1.29, 1.82) is 0 Å². The Kier molecular flexibility index (Phi) is 3.64. The molecule has 0 amide bonds. The van der Waals surface area contributed by atoms with Crippen LogP contribution in [0.25, 0.3) is 0 Å². The number of hydrogen-bond acceptors (Lipinski definition) is 4. The molecular formula is C17H18N2OS. The highest BCUT2D eigenvalue weighted by Crippen LogP contribution is 2.40. The van der Waals surface area contributed by atoms with Gasteiger partial charge in [0, 0.05) is 5.56 Å². The van der Waals surface area contributed by atoms with Crippen molar-refractivity contribution in [2.45, 2.75) is 18.7 Å². The van der Waals surface area contributed by atoms with Gasteiger partial charge in [0.15, 0.2) is 0 Å². The van der Waals surface area contributed by atoms with E-state index in [1.807, 2.05) is 12.1 Å². The monoisotopic (exact) mass is 298 g/mol. The maximum absolute atomic E-state index is 5.21. The molecule has 1 atom stereocenters. The van der Waals surface area contributed by atoms with Gasteiger partial charge in [0.25, 0.3) is 0 Å². The Morgan fingerprint density at radius 1 is 1.05 bits per heavy atom. The molecule has 4 heteroatoms. The van der Waals surface area contributed by atoms with Crippen LogP contribution in [0.5, 0.6) is 5.75 Å². The molecule has 1 unspecified atom stereocenters. The van der Waals surface area contributed by atoms with E-state index in [9.17, 15) is 0 Å². The Hall–Kier alpha value is -1.94. The van der Waals surface area contributed by atoms with Crippen LogP contribution < -0.4 is 10.2 Å². The molecular weight excluding hydrogens is 280 g/mol. The van der Waals surface area contributed by atoms with Crippen molar-refractivity contribution in [1.82, 2.24) is 5.43 Å². The lowest BCUT2D eigenvalue weighted by Gasteiger charge is -2.23. The fourth-order valence-corrected chi connectivity index (χ4v) is 3.33. The summed E-state index contributed by atoms with van der Waals surface area (Å²) in [5.41, 5.74) is 6.85. The molecule has 3 nitrogen and oxygen atoms in total. The molecule has 1 aliphatic heterocycles. The Morgan fingerprint density at radius 2 is 1.71 bits per heavy atom. The highest BCUT2D eigenvalue weighted by molar-refractivity contribution is 8.15. The quantitative estimate of drug-likeness (QED) is 0.934. The predicted octanol–water partition coefficient (Wildman–Crippen LogP) is 3.87. The van der Waals surface area contributed by atoms with Crippen LogP contribution in [0.15, 0.2) is 53.6 Å². The van der Waals surface area contributed by atoms with Gasteiger partial charge in [-0.15, -0.1) is 0 Å². The van der Waals surface area contributed by atoms with Crippen LogP contribution in [-0.4, -0.2) is 12.2 Å². The summed E-state index contributed by atoms with van der Waals surface area (Å²) in [5, 5.41) is 5.53. The predicted molar refractivity (Wildman–Crippen MR) is 88.8 cm³/mol. The van der Waals surface area contributed by atoms with Gasteiger partial charge < -0.3 is 4.74 Å². The van der Waals surface area contributed by atoms with Gasteiger partial charge in [0.05, 0.1) is 7.11 Å². The molecule has 108 valence electrons. The van der Waals surface area contributed by atoms with Gasteiger partial charge in [0.2, 0.25) is 0 Å². The van der Waals surface area contributed by atoms with Gasteiger partial charge in [-0.3, -0.25) is 5.43 Å². The molecule has 0 fully saturated rings. The second kappa shape index (κ2) is 5.45. The van der Waals surface area contributed by atoms with E-state index in [-0.39, 0.29) is 4.87 Å². The fourth-order valence-electron chi connectivity index (χ4n) is 2.25. The Bertz CT molecular complexity index is 664. The van der Waals surface area contributed by atoms with E-state index in [0.29, 0.717) is 0 Å². The third-order valence-corrected chi connectivity index (χ3v) is 4.87. The minimum absolute atomic E-state index is 0.244. The molecule has 1 N–H and O–H groups in total. The average molecular weight is 298 g/mol. The van der Waals surface area contributed by atoms with Crippen LogP contribution in [-0.2, 0) is 4.87 Å². The number of methoxy groups -OCH3 is 1. The maximum Gasteiger partial charge on any atom is 0.128 e. The third-order valence-electron chi connectivity index (χ3n) is 3.61. The third kappa shape index (κ3) is 2.76. The van der Waals surface area contributed by atoms with Crippen LogP contribution in [0.3, 0.4) is 0 Å². The number of hydrazone groups is 1. The number of rotatable bonds is 3. The van der Waals surface area contributed by atoms with E-state index in [1.54, 1.807) is 18.9 Å². The van der Waals surface area contributed by atoms with E-state index in [4.69, 9.17) is 4.74 Å². The largest absolute Gasteiger partial charge is 0.497 e. The summed E-state index contributed by atoms with van der Waals surface area (Å²) in [6.07, 6.45) is 0. The molecule has 0 spiro atoms. The van der Waals surface area contributed by atoms with E-state index in [0.717, 1.165) is 16.4 Å². The van der Waals surface area contributed by atoms with Crippen LogP contribution in [0, 0.1) is 6.92 Å². The van der Waals surface area contributed by atoms with Gasteiger partial charge in [-0.1, -0.05) is 53.7 Å². The first-order valence-electron chi connectivity index (χ1n) is 6.86. The van der Waals surface area contributed by atoms with Gasteiger partial charge in [-0.2, -0.15) is 5.10 Å². The Morgan fingerprint density at radius 3 is 2.33 bits per heavy atom. The zero-order valence-electron chi connectivity index (χ0n) is 12.4. The van der Waals surface area contributed by atoms with E-state index >= 15 is 0 Å². The van der Waals surface area contributed by atoms with Crippen LogP contribution in [0.2, 0.25) is 0 Å². The van der Waals surface area contributed by atoms with E-state index in [1.165, 1.54) is 11.1 Å². The summed E-state index contributed by atoms with van der Waals surface area (Å²) in [4.78, 5) is -0.244. The van der Waals surface area contributed by atoms with Crippen molar-refractivity contribution >= 4 is 16.8 Å². The van der Waals surface area contributed by atoms with Gasteiger partial charge in [-0.25, -0.2) is 0 Å². The van der Waals surface area contributed by atoms with Gasteiger partial charge in [0.1, 0.15) is 15.7 Å². The number of aryl methyl sites for hydroxylation is 1. The number of ether oxygens (including phenoxy) is 1. The SMILES string of the molecule is COc1ccc(C2(C)NN=C(c3ccc(C)cc3)S2)cc1. The highest BCUT2D eigenvalue weighted by Gasteiger charge is 2.34. The van der Waals surface area contributed by atoms with Gasteiger partial charge >= 0.3 is 0 Å². The summed E-state index contributed by atoms with van der Waals surface area (Å²) in [5.74, 6) is 0.866. The van der Waals surface area contributed by atoms with Crippen LogP contribution >= 0.6 is 11.8 Å². The Balaban J connectivity index is 1.81.